The number of rotatable bonds is 4. The van der Waals surface area contributed by atoms with E-state index in [1.807, 2.05) is 0 Å². The lowest BCUT2D eigenvalue weighted by Gasteiger charge is -2.18. The third-order valence-corrected chi connectivity index (χ3v) is 4.82. The Labute approximate surface area is 144 Å². The van der Waals surface area contributed by atoms with Gasteiger partial charge in [-0.2, -0.15) is 8.42 Å². The van der Waals surface area contributed by atoms with Gasteiger partial charge >= 0.3 is 10.1 Å². The van der Waals surface area contributed by atoms with E-state index in [-0.39, 0.29) is 40.2 Å². The highest BCUT2D eigenvalue weighted by Gasteiger charge is 2.24. The molecule has 1 aliphatic rings. The molecule has 7 nitrogen and oxygen atoms in total. The number of ether oxygens (including phenoxy) is 1. The number of benzene rings is 2. The first-order valence-corrected chi connectivity index (χ1v) is 8.80. The molecule has 3 rings (SSSR count). The fourth-order valence-corrected chi connectivity index (χ4v) is 3.34. The van der Waals surface area contributed by atoms with Crippen molar-refractivity contribution in [3.8, 4) is 11.5 Å². The average Bonchev–Trinajstić information content (AvgIpc) is 2.53. The van der Waals surface area contributed by atoms with E-state index in [1.54, 1.807) is 13.0 Å². The number of fused-ring (bicyclic) bond motifs is 1. The van der Waals surface area contributed by atoms with Gasteiger partial charge in [0, 0.05) is 0 Å². The van der Waals surface area contributed by atoms with Crippen molar-refractivity contribution in [2.45, 2.75) is 18.7 Å². The highest BCUT2D eigenvalue weighted by atomic mass is 32.2. The molecular weight excluding hydrogens is 346 g/mol. The van der Waals surface area contributed by atoms with Gasteiger partial charge in [-0.1, -0.05) is 6.07 Å². The van der Waals surface area contributed by atoms with Crippen LogP contribution < -0.4 is 14.2 Å². The molecule has 0 fully saturated rings. The summed E-state index contributed by atoms with van der Waals surface area (Å²) < 4.78 is 35.5. The van der Waals surface area contributed by atoms with Crippen LogP contribution >= 0.6 is 0 Å². The van der Waals surface area contributed by atoms with E-state index >= 15 is 0 Å². The number of amides is 1. The zero-order valence-electron chi connectivity index (χ0n) is 13.5. The molecule has 0 radical (unpaired) electrons. The highest BCUT2D eigenvalue weighted by molar-refractivity contribution is 7.87. The molecule has 1 amide bonds. The standard InChI is InChI=1S/C17H15NO6S/c1-10-3-5-13(11(2)19)16(7-10)24-25(21,22)12-4-6-15-14(8-12)18-17(20)9-23-15/h3-8H,9H2,1-2H3,(H,18,20). The second-order valence-electron chi connectivity index (χ2n) is 5.59. The number of nitrogens with one attached hydrogen (secondary N) is 1. The van der Waals surface area contributed by atoms with E-state index in [0.29, 0.717) is 5.75 Å². The summed E-state index contributed by atoms with van der Waals surface area (Å²) in [6.07, 6.45) is 0. The van der Waals surface area contributed by atoms with Crippen LogP contribution in [-0.4, -0.2) is 26.7 Å². The van der Waals surface area contributed by atoms with Crippen molar-refractivity contribution in [2.75, 3.05) is 11.9 Å². The van der Waals surface area contributed by atoms with Crippen LogP contribution in [0, 0.1) is 6.92 Å². The quantitative estimate of drug-likeness (QED) is 0.663. The van der Waals surface area contributed by atoms with Gasteiger partial charge in [0.25, 0.3) is 5.91 Å². The number of hydrogen-bond acceptors (Lipinski definition) is 6. The van der Waals surface area contributed by atoms with Gasteiger partial charge in [-0.25, -0.2) is 0 Å². The average molecular weight is 361 g/mol. The molecule has 130 valence electrons. The van der Waals surface area contributed by atoms with Crippen LogP contribution in [0.3, 0.4) is 0 Å². The molecule has 2 aromatic rings. The fraction of sp³-hybridized carbons (Fsp3) is 0.176. The number of hydrogen-bond donors (Lipinski definition) is 1. The first-order valence-electron chi connectivity index (χ1n) is 7.39. The van der Waals surface area contributed by atoms with Crippen molar-refractivity contribution in [1.82, 2.24) is 0 Å². The molecule has 1 aliphatic heterocycles. The Morgan fingerprint density at radius 2 is 1.96 bits per heavy atom. The zero-order chi connectivity index (χ0) is 18.2. The summed E-state index contributed by atoms with van der Waals surface area (Å²) in [5.74, 6) is -0.346. The minimum atomic E-state index is -4.20. The number of carbonyl (C=O) groups is 2. The number of Topliss-reactive ketones (excluding diaryl/α,β-unsaturated/α-hetero) is 1. The summed E-state index contributed by atoms with van der Waals surface area (Å²) in [5.41, 5.74) is 1.17. The SMILES string of the molecule is CC(=O)c1ccc(C)cc1OS(=O)(=O)c1ccc2c(c1)NC(=O)CO2. The van der Waals surface area contributed by atoms with Gasteiger partial charge in [0.2, 0.25) is 0 Å². The van der Waals surface area contributed by atoms with Crippen LogP contribution in [0.2, 0.25) is 0 Å². The normalized spacial score (nSPS) is 13.4. The predicted octanol–water partition coefficient (Wildman–Crippen LogP) is 2.30. The fourth-order valence-electron chi connectivity index (χ4n) is 2.37. The molecule has 0 atom stereocenters. The van der Waals surface area contributed by atoms with Crippen molar-refractivity contribution >= 4 is 27.5 Å². The first-order chi connectivity index (χ1) is 11.8. The Kier molecular flexibility index (Phi) is 4.22. The largest absolute Gasteiger partial charge is 0.482 e. The van der Waals surface area contributed by atoms with Crippen molar-refractivity contribution < 1.29 is 26.9 Å². The van der Waals surface area contributed by atoms with Gasteiger partial charge in [0.1, 0.15) is 10.6 Å². The molecule has 0 aromatic heterocycles. The Morgan fingerprint density at radius 3 is 2.68 bits per heavy atom. The summed E-state index contributed by atoms with van der Waals surface area (Å²) in [5, 5.41) is 2.54. The third-order valence-electron chi connectivity index (χ3n) is 3.59. The monoisotopic (exact) mass is 361 g/mol. The van der Waals surface area contributed by atoms with Crippen LogP contribution in [0.15, 0.2) is 41.3 Å². The summed E-state index contributed by atoms with van der Waals surface area (Å²) >= 11 is 0. The maximum atomic E-state index is 12.6. The Morgan fingerprint density at radius 1 is 1.20 bits per heavy atom. The van der Waals surface area contributed by atoms with Gasteiger partial charge in [0.15, 0.2) is 18.1 Å². The van der Waals surface area contributed by atoms with Crippen molar-refractivity contribution in [1.29, 1.82) is 0 Å². The molecule has 0 saturated heterocycles. The molecule has 0 unspecified atom stereocenters. The topological polar surface area (TPSA) is 98.8 Å². The number of aryl methyl sites for hydroxylation is 1. The lowest BCUT2D eigenvalue weighted by atomic mass is 10.1. The zero-order valence-corrected chi connectivity index (χ0v) is 14.3. The molecule has 25 heavy (non-hydrogen) atoms. The molecule has 1 heterocycles. The Bertz CT molecular complexity index is 981. The molecule has 1 N–H and O–H groups in total. The minimum Gasteiger partial charge on any atom is -0.482 e. The van der Waals surface area contributed by atoms with Crippen molar-refractivity contribution in [2.24, 2.45) is 0 Å². The van der Waals surface area contributed by atoms with Crippen molar-refractivity contribution in [3.05, 3.63) is 47.5 Å². The van der Waals surface area contributed by atoms with E-state index in [2.05, 4.69) is 5.32 Å². The van der Waals surface area contributed by atoms with Gasteiger partial charge in [-0.15, -0.1) is 0 Å². The van der Waals surface area contributed by atoms with Crippen LogP contribution in [0.1, 0.15) is 22.8 Å². The molecular formula is C17H15NO6S. The van der Waals surface area contributed by atoms with Crippen LogP contribution in [0.4, 0.5) is 5.69 Å². The van der Waals surface area contributed by atoms with E-state index in [9.17, 15) is 18.0 Å². The first kappa shape index (κ1) is 17.0. The van der Waals surface area contributed by atoms with Gasteiger partial charge < -0.3 is 14.2 Å². The number of carbonyl (C=O) groups excluding carboxylic acids is 2. The maximum Gasteiger partial charge on any atom is 0.339 e. The molecule has 0 aliphatic carbocycles. The highest BCUT2D eigenvalue weighted by Crippen LogP contribution is 2.32. The Balaban J connectivity index is 1.98. The van der Waals surface area contributed by atoms with Gasteiger partial charge in [0.05, 0.1) is 11.3 Å². The van der Waals surface area contributed by atoms with Crippen LogP contribution in [-0.2, 0) is 14.9 Å². The van der Waals surface area contributed by atoms with Gasteiger partial charge in [-0.3, -0.25) is 9.59 Å². The van der Waals surface area contributed by atoms with E-state index < -0.39 is 10.1 Å². The van der Waals surface area contributed by atoms with E-state index in [1.165, 1.54) is 37.3 Å². The van der Waals surface area contributed by atoms with Crippen LogP contribution in [0.5, 0.6) is 11.5 Å². The molecule has 2 aromatic carbocycles. The minimum absolute atomic E-state index is 0.0366. The number of anilines is 1. The van der Waals surface area contributed by atoms with Gasteiger partial charge in [-0.05, 0) is 49.7 Å². The third kappa shape index (κ3) is 3.48. The van der Waals surface area contributed by atoms with E-state index in [0.717, 1.165) is 5.56 Å². The molecule has 8 heteroatoms. The number of ketones is 1. The second-order valence-corrected chi connectivity index (χ2v) is 7.13. The summed E-state index contributed by atoms with van der Waals surface area (Å²) in [4.78, 5) is 22.9. The summed E-state index contributed by atoms with van der Waals surface area (Å²) in [7, 11) is -4.20. The molecule has 0 saturated carbocycles. The smallest absolute Gasteiger partial charge is 0.339 e. The lowest BCUT2D eigenvalue weighted by Crippen LogP contribution is -2.25. The Hall–Kier alpha value is -2.87. The van der Waals surface area contributed by atoms with Crippen molar-refractivity contribution in [3.63, 3.8) is 0 Å². The van der Waals surface area contributed by atoms with E-state index in [4.69, 9.17) is 8.92 Å². The molecule has 0 spiro atoms. The second kappa shape index (κ2) is 6.21. The summed E-state index contributed by atoms with van der Waals surface area (Å²) in [6, 6.07) is 8.70. The predicted molar refractivity (Wildman–Crippen MR) is 89.6 cm³/mol. The maximum absolute atomic E-state index is 12.6. The van der Waals surface area contributed by atoms with Crippen LogP contribution in [0.25, 0.3) is 0 Å². The lowest BCUT2D eigenvalue weighted by molar-refractivity contribution is -0.118. The molecule has 0 bridgehead atoms. The summed E-state index contributed by atoms with van der Waals surface area (Å²) in [6.45, 7) is 2.96.